The summed E-state index contributed by atoms with van der Waals surface area (Å²) in [5.41, 5.74) is 2.92. The monoisotopic (exact) mass is 294 g/mol. The molecule has 0 aliphatic carbocycles. The van der Waals surface area contributed by atoms with Crippen molar-refractivity contribution in [3.8, 4) is 11.3 Å². The summed E-state index contributed by atoms with van der Waals surface area (Å²) in [6.07, 6.45) is 6.48. The molecule has 2 fully saturated rings. The number of fused-ring (bicyclic) bond motifs is 1. The molecule has 2 aliphatic rings. The van der Waals surface area contributed by atoms with Crippen LogP contribution < -0.4 is 4.90 Å². The fourth-order valence-corrected chi connectivity index (χ4v) is 3.15. The van der Waals surface area contributed by atoms with Gasteiger partial charge in [0.2, 0.25) is 5.95 Å². The summed E-state index contributed by atoms with van der Waals surface area (Å²) in [6.45, 7) is 2.55. The lowest BCUT2D eigenvalue weighted by molar-refractivity contribution is -0.0855. The Labute approximate surface area is 126 Å². The fourth-order valence-electron chi connectivity index (χ4n) is 3.15. The molecule has 3 aromatic rings. The molecule has 1 spiro atoms. The Balaban J connectivity index is 1.57. The van der Waals surface area contributed by atoms with Crippen LogP contribution in [0.25, 0.3) is 16.8 Å². The molecule has 0 atom stereocenters. The van der Waals surface area contributed by atoms with Gasteiger partial charge in [-0.1, -0.05) is 0 Å². The second-order valence-electron chi connectivity index (χ2n) is 5.82. The lowest BCUT2D eigenvalue weighted by Crippen LogP contribution is -2.71. The summed E-state index contributed by atoms with van der Waals surface area (Å²) in [5, 5.41) is 8.46. The number of hydrogen-bond donors (Lipinski definition) is 0. The first kappa shape index (κ1) is 12.0. The van der Waals surface area contributed by atoms with Crippen LogP contribution in [0.15, 0.2) is 36.8 Å². The molecule has 5 heterocycles. The summed E-state index contributed by atoms with van der Waals surface area (Å²) in [7, 11) is 0. The zero-order valence-electron chi connectivity index (χ0n) is 11.9. The second-order valence-corrected chi connectivity index (χ2v) is 5.82. The van der Waals surface area contributed by atoms with Gasteiger partial charge in [-0.15, -0.1) is 0 Å². The third kappa shape index (κ3) is 1.54. The molecule has 0 aromatic carbocycles. The van der Waals surface area contributed by atoms with Crippen LogP contribution in [0.2, 0.25) is 0 Å². The van der Waals surface area contributed by atoms with E-state index < -0.39 is 0 Å². The van der Waals surface area contributed by atoms with Gasteiger partial charge in [0.1, 0.15) is 0 Å². The van der Waals surface area contributed by atoms with E-state index in [1.807, 2.05) is 24.4 Å². The minimum Gasteiger partial charge on any atom is -0.376 e. The van der Waals surface area contributed by atoms with Crippen LogP contribution in [-0.2, 0) is 4.74 Å². The molecule has 5 rings (SSSR count). The Bertz CT molecular complexity index is 850. The molecule has 7 nitrogen and oxygen atoms in total. The Morgan fingerprint density at radius 1 is 1.14 bits per heavy atom. The number of ether oxygens (including phenoxy) is 1. The summed E-state index contributed by atoms with van der Waals surface area (Å²) >= 11 is 0. The van der Waals surface area contributed by atoms with E-state index in [2.05, 4.69) is 20.1 Å². The quantitative estimate of drug-likeness (QED) is 0.706. The lowest BCUT2D eigenvalue weighted by atomic mass is 9.83. The summed E-state index contributed by atoms with van der Waals surface area (Å²) in [4.78, 5) is 11.4. The maximum Gasteiger partial charge on any atom is 0.226 e. The Morgan fingerprint density at radius 3 is 2.86 bits per heavy atom. The van der Waals surface area contributed by atoms with Gasteiger partial charge in [0.25, 0.3) is 0 Å². The molecule has 0 amide bonds. The van der Waals surface area contributed by atoms with Crippen molar-refractivity contribution >= 4 is 11.5 Å². The van der Waals surface area contributed by atoms with Gasteiger partial charge < -0.3 is 9.64 Å². The van der Waals surface area contributed by atoms with Crippen molar-refractivity contribution in [2.45, 2.75) is 12.0 Å². The van der Waals surface area contributed by atoms with Crippen molar-refractivity contribution < 1.29 is 4.74 Å². The van der Waals surface area contributed by atoms with E-state index in [0.29, 0.717) is 0 Å². The number of hydrogen-bond acceptors (Lipinski definition) is 6. The fraction of sp³-hybridized carbons (Fsp3) is 0.333. The van der Waals surface area contributed by atoms with Crippen molar-refractivity contribution in [2.75, 3.05) is 24.7 Å². The van der Waals surface area contributed by atoms with Crippen molar-refractivity contribution in [1.82, 2.24) is 24.8 Å². The van der Waals surface area contributed by atoms with Crippen molar-refractivity contribution in [3.05, 3.63) is 36.8 Å². The molecule has 0 N–H and O–H groups in total. The smallest absolute Gasteiger partial charge is 0.226 e. The molecular formula is C15H14N6O. The van der Waals surface area contributed by atoms with Crippen molar-refractivity contribution in [1.29, 1.82) is 0 Å². The minimum atomic E-state index is 0.140. The summed E-state index contributed by atoms with van der Waals surface area (Å²) in [5.74, 6) is 0.773. The van der Waals surface area contributed by atoms with Gasteiger partial charge in [-0.25, -0.2) is 9.97 Å². The molecule has 7 heteroatoms. The van der Waals surface area contributed by atoms with Crippen LogP contribution in [0.4, 0.5) is 5.95 Å². The Kier molecular flexibility index (Phi) is 2.32. The van der Waals surface area contributed by atoms with Crippen LogP contribution in [-0.4, -0.2) is 50.1 Å². The molecule has 0 unspecified atom stereocenters. The molecule has 3 aromatic heterocycles. The Morgan fingerprint density at radius 2 is 2.09 bits per heavy atom. The van der Waals surface area contributed by atoms with Crippen LogP contribution in [0.1, 0.15) is 6.42 Å². The van der Waals surface area contributed by atoms with Gasteiger partial charge in [-0.3, -0.25) is 0 Å². The van der Waals surface area contributed by atoms with Crippen molar-refractivity contribution in [2.24, 2.45) is 0 Å². The highest BCUT2D eigenvalue weighted by Gasteiger charge is 2.52. The van der Waals surface area contributed by atoms with Gasteiger partial charge in [0, 0.05) is 24.5 Å². The van der Waals surface area contributed by atoms with Crippen LogP contribution in [0.3, 0.4) is 0 Å². The predicted octanol–water partition coefficient (Wildman–Crippen LogP) is 1.17. The summed E-state index contributed by atoms with van der Waals surface area (Å²) < 4.78 is 6.99. The summed E-state index contributed by atoms with van der Waals surface area (Å²) in [6, 6.07) is 5.80. The molecule has 0 saturated carbocycles. The van der Waals surface area contributed by atoms with Gasteiger partial charge >= 0.3 is 0 Å². The van der Waals surface area contributed by atoms with Crippen LogP contribution in [0.5, 0.6) is 0 Å². The van der Waals surface area contributed by atoms with Gasteiger partial charge in [0.15, 0.2) is 0 Å². The maximum absolute atomic E-state index is 5.37. The third-order valence-electron chi connectivity index (χ3n) is 4.58. The molecule has 0 bridgehead atoms. The molecule has 0 radical (unpaired) electrons. The first-order valence-electron chi connectivity index (χ1n) is 7.34. The SMILES string of the molecule is c1cnn2ncc(-c3ccnc(N4CCC45COC5)n3)c2c1. The highest BCUT2D eigenvalue weighted by atomic mass is 16.5. The van der Waals surface area contributed by atoms with E-state index in [1.165, 1.54) is 0 Å². The number of nitrogens with zero attached hydrogens (tertiary/aromatic N) is 6. The number of rotatable bonds is 2. The molecule has 2 aliphatic heterocycles. The number of aromatic nitrogens is 5. The third-order valence-corrected chi connectivity index (χ3v) is 4.58. The molecule has 110 valence electrons. The highest BCUT2D eigenvalue weighted by Crippen LogP contribution is 2.39. The molecular weight excluding hydrogens is 280 g/mol. The minimum absolute atomic E-state index is 0.140. The first-order chi connectivity index (χ1) is 10.9. The van der Waals surface area contributed by atoms with Gasteiger partial charge in [-0.2, -0.15) is 14.8 Å². The average molecular weight is 294 g/mol. The lowest BCUT2D eigenvalue weighted by Gasteiger charge is -2.57. The van der Waals surface area contributed by atoms with Crippen LogP contribution >= 0.6 is 0 Å². The second kappa shape index (κ2) is 4.23. The number of anilines is 1. The topological polar surface area (TPSA) is 68.4 Å². The van der Waals surface area contributed by atoms with Gasteiger partial charge in [0.05, 0.1) is 36.2 Å². The van der Waals surface area contributed by atoms with Crippen molar-refractivity contribution in [3.63, 3.8) is 0 Å². The highest BCUT2D eigenvalue weighted by molar-refractivity contribution is 5.77. The normalized spacial score (nSPS) is 19.2. The van der Waals surface area contributed by atoms with E-state index in [-0.39, 0.29) is 5.54 Å². The van der Waals surface area contributed by atoms with E-state index in [0.717, 1.165) is 48.9 Å². The first-order valence-corrected chi connectivity index (χ1v) is 7.34. The standard InChI is InChI=1S/C15H14N6O/c1-2-13-11(8-18-21(13)17-5-1)12-3-6-16-14(19-12)20-7-4-15(20)9-22-10-15/h1-3,5-6,8H,4,7,9-10H2. The van der Waals surface area contributed by atoms with E-state index in [4.69, 9.17) is 9.72 Å². The maximum atomic E-state index is 5.37. The zero-order valence-corrected chi connectivity index (χ0v) is 11.9. The van der Waals surface area contributed by atoms with E-state index in [1.54, 1.807) is 17.0 Å². The Hall–Kier alpha value is -2.54. The molecule has 2 saturated heterocycles. The average Bonchev–Trinajstić information content (AvgIpc) is 2.89. The van der Waals surface area contributed by atoms with Gasteiger partial charge in [-0.05, 0) is 24.6 Å². The van der Waals surface area contributed by atoms with Crippen LogP contribution in [0, 0.1) is 0 Å². The molecule has 22 heavy (non-hydrogen) atoms. The van der Waals surface area contributed by atoms with E-state index in [9.17, 15) is 0 Å². The zero-order chi connectivity index (χ0) is 14.6. The largest absolute Gasteiger partial charge is 0.376 e. The van der Waals surface area contributed by atoms with E-state index >= 15 is 0 Å². The predicted molar refractivity (Wildman–Crippen MR) is 79.5 cm³/mol.